The molecule has 94 valence electrons. The van der Waals surface area contributed by atoms with Gasteiger partial charge in [0.05, 0.1) is 6.10 Å². The van der Waals surface area contributed by atoms with Gasteiger partial charge in [0.1, 0.15) is 11.0 Å². The Morgan fingerprint density at radius 3 is 2.31 bits per heavy atom. The van der Waals surface area contributed by atoms with Crippen molar-refractivity contribution in [1.29, 1.82) is 0 Å². The topological polar surface area (TPSA) is 66.8 Å². The van der Waals surface area contributed by atoms with E-state index in [-0.39, 0.29) is 6.10 Å². The van der Waals surface area contributed by atoms with E-state index in [1.807, 2.05) is 0 Å². The van der Waals surface area contributed by atoms with Gasteiger partial charge in [0.2, 0.25) is 0 Å². The standard InChI is InChI=1S/C10H19NO4S/c1-10(2,9(12)13)16(14)11-6-4-8(15-3)5-7-11/h8H,4-7H2,1-3H3,(H,12,13). The Labute approximate surface area is 98.4 Å². The van der Waals surface area contributed by atoms with Gasteiger partial charge >= 0.3 is 5.97 Å². The van der Waals surface area contributed by atoms with Crippen LogP contribution >= 0.6 is 0 Å². The van der Waals surface area contributed by atoms with Crippen molar-refractivity contribution in [2.45, 2.75) is 37.5 Å². The molecule has 1 heterocycles. The minimum atomic E-state index is -1.49. The van der Waals surface area contributed by atoms with Crippen LogP contribution in [0.4, 0.5) is 0 Å². The fraction of sp³-hybridized carbons (Fsp3) is 0.900. The van der Waals surface area contributed by atoms with Gasteiger partial charge in [0, 0.05) is 20.2 Å². The molecule has 1 unspecified atom stereocenters. The third-order valence-electron chi connectivity index (χ3n) is 2.92. The minimum absolute atomic E-state index is 0.209. The molecule has 1 aliphatic heterocycles. The fourth-order valence-electron chi connectivity index (χ4n) is 1.63. The van der Waals surface area contributed by atoms with Crippen molar-refractivity contribution in [2.75, 3.05) is 20.2 Å². The van der Waals surface area contributed by atoms with Gasteiger partial charge in [-0.3, -0.25) is 4.79 Å². The second kappa shape index (κ2) is 5.25. The molecular formula is C10H19NO4S. The molecule has 0 aromatic heterocycles. The molecule has 1 aliphatic rings. The average molecular weight is 249 g/mol. The van der Waals surface area contributed by atoms with Crippen LogP contribution in [-0.4, -0.2) is 50.6 Å². The number of carboxylic acid groups (broad SMARTS) is 1. The van der Waals surface area contributed by atoms with Crippen LogP contribution in [0.2, 0.25) is 0 Å². The summed E-state index contributed by atoms with van der Waals surface area (Å²) in [5.74, 6) is -1.03. The van der Waals surface area contributed by atoms with Gasteiger partial charge in [0.15, 0.2) is 4.75 Å². The Morgan fingerprint density at radius 2 is 1.94 bits per heavy atom. The molecule has 16 heavy (non-hydrogen) atoms. The quantitative estimate of drug-likeness (QED) is 0.793. The first-order valence-corrected chi connectivity index (χ1v) is 6.43. The number of carbonyl (C=O) groups is 1. The van der Waals surface area contributed by atoms with Crippen molar-refractivity contribution in [1.82, 2.24) is 4.31 Å². The molecule has 0 aromatic carbocycles. The minimum Gasteiger partial charge on any atom is -0.480 e. The largest absolute Gasteiger partial charge is 0.480 e. The first-order chi connectivity index (χ1) is 7.39. The maximum Gasteiger partial charge on any atom is 0.323 e. The molecule has 0 amide bonds. The van der Waals surface area contributed by atoms with Gasteiger partial charge in [-0.2, -0.15) is 0 Å². The Balaban J connectivity index is 2.60. The number of methoxy groups -OCH3 is 1. The summed E-state index contributed by atoms with van der Waals surface area (Å²) in [4.78, 5) is 11.0. The van der Waals surface area contributed by atoms with Crippen molar-refractivity contribution in [2.24, 2.45) is 0 Å². The summed E-state index contributed by atoms with van der Waals surface area (Å²) < 4.78 is 17.8. The molecule has 1 atom stereocenters. The van der Waals surface area contributed by atoms with E-state index >= 15 is 0 Å². The molecule has 0 aliphatic carbocycles. The molecule has 0 bridgehead atoms. The van der Waals surface area contributed by atoms with Gasteiger partial charge in [-0.15, -0.1) is 0 Å². The van der Waals surface area contributed by atoms with Gasteiger partial charge in [-0.05, 0) is 26.7 Å². The van der Waals surface area contributed by atoms with E-state index < -0.39 is 21.7 Å². The molecule has 0 saturated carbocycles. The Hall–Kier alpha value is -0.460. The highest BCUT2D eigenvalue weighted by atomic mass is 32.2. The van der Waals surface area contributed by atoms with E-state index in [1.165, 1.54) is 13.8 Å². The van der Waals surface area contributed by atoms with Crippen LogP contribution in [0.3, 0.4) is 0 Å². The molecule has 6 heteroatoms. The lowest BCUT2D eigenvalue weighted by molar-refractivity contribution is -0.139. The van der Waals surface area contributed by atoms with Crippen LogP contribution in [-0.2, 0) is 20.5 Å². The van der Waals surface area contributed by atoms with E-state index in [1.54, 1.807) is 11.4 Å². The van der Waals surface area contributed by atoms with Crippen molar-refractivity contribution < 1.29 is 18.8 Å². The molecule has 0 aromatic rings. The van der Waals surface area contributed by atoms with E-state index in [4.69, 9.17) is 9.84 Å². The van der Waals surface area contributed by atoms with E-state index in [0.29, 0.717) is 13.1 Å². The number of rotatable bonds is 4. The normalized spacial score (nSPS) is 21.9. The maximum atomic E-state index is 12.1. The number of hydrogen-bond donors (Lipinski definition) is 1. The number of ether oxygens (including phenoxy) is 1. The zero-order valence-corrected chi connectivity index (χ0v) is 10.7. The van der Waals surface area contributed by atoms with Crippen LogP contribution in [0.25, 0.3) is 0 Å². The summed E-state index contributed by atoms with van der Waals surface area (Å²) in [5.41, 5.74) is 0. The summed E-state index contributed by atoms with van der Waals surface area (Å²) in [6, 6.07) is 0. The number of carboxylic acids is 1. The molecule has 5 nitrogen and oxygen atoms in total. The van der Waals surface area contributed by atoms with Gasteiger partial charge in [-0.25, -0.2) is 8.51 Å². The lowest BCUT2D eigenvalue weighted by Crippen LogP contribution is -2.48. The first kappa shape index (κ1) is 13.6. The van der Waals surface area contributed by atoms with Crippen molar-refractivity contribution in [3.63, 3.8) is 0 Å². The zero-order chi connectivity index (χ0) is 12.3. The summed E-state index contributed by atoms with van der Waals surface area (Å²) in [6.07, 6.45) is 1.82. The van der Waals surface area contributed by atoms with E-state index in [0.717, 1.165) is 12.8 Å². The van der Waals surface area contributed by atoms with Crippen LogP contribution in [0.5, 0.6) is 0 Å². The lowest BCUT2D eigenvalue weighted by atomic mass is 10.1. The fourth-order valence-corrected chi connectivity index (χ4v) is 2.97. The van der Waals surface area contributed by atoms with E-state index in [2.05, 4.69) is 0 Å². The number of nitrogens with zero attached hydrogens (tertiary/aromatic N) is 1. The highest BCUT2D eigenvalue weighted by Crippen LogP contribution is 2.22. The summed E-state index contributed by atoms with van der Waals surface area (Å²) >= 11 is 0. The first-order valence-electron chi connectivity index (χ1n) is 5.32. The predicted octanol–water partition coefficient (Wildman–Crippen LogP) is 0.624. The molecule has 1 rings (SSSR count). The Bertz CT molecular complexity index is 285. The zero-order valence-electron chi connectivity index (χ0n) is 9.93. The van der Waals surface area contributed by atoms with Crippen LogP contribution in [0.15, 0.2) is 0 Å². The second-order valence-corrected chi connectivity index (χ2v) is 6.46. The molecule has 0 spiro atoms. The SMILES string of the molecule is COC1CCN(S(=O)C(C)(C)C(=O)O)CC1. The second-order valence-electron chi connectivity index (χ2n) is 4.43. The summed E-state index contributed by atoms with van der Waals surface area (Å²) in [5, 5.41) is 9.00. The van der Waals surface area contributed by atoms with Crippen LogP contribution < -0.4 is 0 Å². The molecular weight excluding hydrogens is 230 g/mol. The van der Waals surface area contributed by atoms with Crippen molar-refractivity contribution in [3.8, 4) is 0 Å². The molecule has 1 N–H and O–H groups in total. The summed E-state index contributed by atoms with van der Waals surface area (Å²) in [6.45, 7) is 4.24. The number of piperidine rings is 1. The summed E-state index contributed by atoms with van der Waals surface area (Å²) in [7, 11) is 0.180. The molecule has 0 radical (unpaired) electrons. The highest BCUT2D eigenvalue weighted by Gasteiger charge is 2.39. The Kier molecular flexibility index (Phi) is 4.46. The number of hydrogen-bond acceptors (Lipinski definition) is 3. The van der Waals surface area contributed by atoms with Gasteiger partial charge in [-0.1, -0.05) is 0 Å². The van der Waals surface area contributed by atoms with Crippen LogP contribution in [0.1, 0.15) is 26.7 Å². The monoisotopic (exact) mass is 249 g/mol. The van der Waals surface area contributed by atoms with E-state index in [9.17, 15) is 9.00 Å². The molecule has 1 fully saturated rings. The Morgan fingerprint density at radius 1 is 1.44 bits per heavy atom. The highest BCUT2D eigenvalue weighted by molar-refractivity contribution is 7.84. The van der Waals surface area contributed by atoms with Crippen molar-refractivity contribution >= 4 is 17.0 Å². The molecule has 1 saturated heterocycles. The average Bonchev–Trinajstić information content (AvgIpc) is 2.28. The maximum absolute atomic E-state index is 12.1. The smallest absolute Gasteiger partial charge is 0.323 e. The van der Waals surface area contributed by atoms with Gasteiger partial charge in [0.25, 0.3) is 0 Å². The number of aliphatic carboxylic acids is 1. The van der Waals surface area contributed by atoms with Crippen molar-refractivity contribution in [3.05, 3.63) is 0 Å². The lowest BCUT2D eigenvalue weighted by Gasteiger charge is -2.33. The predicted molar refractivity (Wildman–Crippen MR) is 61.5 cm³/mol. The van der Waals surface area contributed by atoms with Crippen LogP contribution in [0, 0.1) is 0 Å². The third kappa shape index (κ3) is 2.81. The third-order valence-corrected chi connectivity index (χ3v) is 4.80. The van der Waals surface area contributed by atoms with Gasteiger partial charge < -0.3 is 9.84 Å².